The van der Waals surface area contributed by atoms with Gasteiger partial charge in [-0.05, 0) is 50.8 Å². The zero-order valence-electron chi connectivity index (χ0n) is 15.2. The molecule has 3 heteroatoms. The van der Waals surface area contributed by atoms with Crippen LogP contribution in [0.5, 0.6) is 0 Å². The van der Waals surface area contributed by atoms with Crippen molar-refractivity contribution in [2.24, 2.45) is 5.92 Å². The smallest absolute Gasteiger partial charge is 0.160 e. The Balaban J connectivity index is 1.92. The normalized spacial score (nSPS) is 22.4. The Kier molecular flexibility index (Phi) is 4.98. The van der Waals surface area contributed by atoms with E-state index in [2.05, 4.69) is 42.7 Å². The minimum absolute atomic E-state index is 0.0241. The lowest BCUT2D eigenvalue weighted by molar-refractivity contribution is -0.118. The van der Waals surface area contributed by atoms with Crippen LogP contribution in [0.15, 0.2) is 24.3 Å². The van der Waals surface area contributed by atoms with Crippen molar-refractivity contribution in [3.05, 3.63) is 35.4 Å². The molecule has 1 aromatic carbocycles. The highest BCUT2D eigenvalue weighted by molar-refractivity contribution is 5.98. The van der Waals surface area contributed by atoms with Crippen molar-refractivity contribution in [1.29, 1.82) is 0 Å². The van der Waals surface area contributed by atoms with E-state index in [9.17, 15) is 4.79 Å². The molecule has 0 bridgehead atoms. The molecule has 1 aliphatic heterocycles. The summed E-state index contributed by atoms with van der Waals surface area (Å²) >= 11 is 0. The average Bonchev–Trinajstić information content (AvgIpc) is 2.83. The molecule has 1 aromatic rings. The molecule has 0 aromatic heterocycles. The molecule has 0 saturated heterocycles. The zero-order chi connectivity index (χ0) is 17.2. The number of carbonyl (C=O) groups excluding carboxylic acids is 1. The molecule has 1 saturated carbocycles. The fourth-order valence-corrected chi connectivity index (χ4v) is 4.03. The third-order valence-electron chi connectivity index (χ3n) is 5.34. The highest BCUT2D eigenvalue weighted by atomic mass is 16.1. The molecule has 1 fully saturated rings. The number of benzene rings is 1. The maximum Gasteiger partial charge on any atom is 0.160 e. The standard InChI is InChI=1S/C21H30N2O/c1-21(2)14-16-10-11-17(22-3)12-18(16)19(23-21)13-20(24)15-8-6-4-5-7-9-15/h10-13,15,22-23H,4-9,14H2,1-3H3/b19-13-. The van der Waals surface area contributed by atoms with Crippen LogP contribution >= 0.6 is 0 Å². The number of fused-ring (bicyclic) bond motifs is 1. The summed E-state index contributed by atoms with van der Waals surface area (Å²) in [7, 11) is 1.93. The van der Waals surface area contributed by atoms with E-state index >= 15 is 0 Å². The van der Waals surface area contributed by atoms with Crippen molar-refractivity contribution in [2.75, 3.05) is 12.4 Å². The zero-order valence-corrected chi connectivity index (χ0v) is 15.2. The van der Waals surface area contributed by atoms with E-state index in [1.165, 1.54) is 36.8 Å². The van der Waals surface area contributed by atoms with Crippen LogP contribution in [0.4, 0.5) is 5.69 Å². The predicted molar refractivity (Wildman–Crippen MR) is 101 cm³/mol. The summed E-state index contributed by atoms with van der Waals surface area (Å²) < 4.78 is 0. The molecule has 0 spiro atoms. The first-order valence-corrected chi connectivity index (χ1v) is 9.33. The number of hydrogen-bond acceptors (Lipinski definition) is 3. The van der Waals surface area contributed by atoms with E-state index in [0.29, 0.717) is 5.78 Å². The van der Waals surface area contributed by atoms with E-state index in [0.717, 1.165) is 30.6 Å². The molecule has 130 valence electrons. The van der Waals surface area contributed by atoms with Gasteiger partial charge >= 0.3 is 0 Å². The number of ketones is 1. The Morgan fingerprint density at radius 1 is 1.21 bits per heavy atom. The molecule has 0 radical (unpaired) electrons. The number of carbonyl (C=O) groups is 1. The maximum absolute atomic E-state index is 12.9. The largest absolute Gasteiger partial charge is 0.388 e. The lowest BCUT2D eigenvalue weighted by Gasteiger charge is -2.36. The number of anilines is 1. The van der Waals surface area contributed by atoms with Crippen molar-refractivity contribution in [2.45, 2.75) is 64.3 Å². The van der Waals surface area contributed by atoms with Crippen molar-refractivity contribution in [3.8, 4) is 0 Å². The van der Waals surface area contributed by atoms with Crippen molar-refractivity contribution in [1.82, 2.24) is 5.32 Å². The maximum atomic E-state index is 12.9. The molecule has 1 heterocycles. The second-order valence-corrected chi connectivity index (χ2v) is 7.96. The molecule has 0 amide bonds. The minimum Gasteiger partial charge on any atom is -0.388 e. The Labute approximate surface area is 145 Å². The molecule has 3 rings (SSSR count). The van der Waals surface area contributed by atoms with E-state index < -0.39 is 0 Å². The summed E-state index contributed by atoms with van der Waals surface area (Å²) in [5.41, 5.74) is 4.54. The Bertz CT molecular complexity index is 637. The first kappa shape index (κ1) is 17.1. The highest BCUT2D eigenvalue weighted by Gasteiger charge is 2.29. The summed E-state index contributed by atoms with van der Waals surface area (Å²) in [5, 5.41) is 6.80. The number of rotatable bonds is 3. The molecule has 0 unspecified atom stereocenters. The average molecular weight is 326 g/mol. The summed E-state index contributed by atoms with van der Waals surface area (Å²) in [6.07, 6.45) is 9.90. The van der Waals surface area contributed by atoms with Crippen molar-refractivity contribution < 1.29 is 4.79 Å². The monoisotopic (exact) mass is 326 g/mol. The molecule has 2 aliphatic rings. The third-order valence-corrected chi connectivity index (χ3v) is 5.34. The van der Waals surface area contributed by atoms with Crippen LogP contribution in [-0.4, -0.2) is 18.4 Å². The highest BCUT2D eigenvalue weighted by Crippen LogP contribution is 2.32. The van der Waals surface area contributed by atoms with Gasteiger partial charge in [-0.1, -0.05) is 31.7 Å². The first-order valence-electron chi connectivity index (χ1n) is 9.33. The number of nitrogens with one attached hydrogen (secondary N) is 2. The van der Waals surface area contributed by atoms with Crippen LogP contribution in [0.25, 0.3) is 5.70 Å². The van der Waals surface area contributed by atoms with Crippen LogP contribution < -0.4 is 10.6 Å². The van der Waals surface area contributed by atoms with Gasteiger partial charge in [-0.25, -0.2) is 0 Å². The van der Waals surface area contributed by atoms with E-state index in [-0.39, 0.29) is 11.5 Å². The lowest BCUT2D eigenvalue weighted by atomic mass is 9.84. The Hall–Kier alpha value is -1.77. The third kappa shape index (κ3) is 3.82. The quantitative estimate of drug-likeness (QED) is 0.633. The fraction of sp³-hybridized carbons (Fsp3) is 0.571. The van der Waals surface area contributed by atoms with Crippen LogP contribution in [0.3, 0.4) is 0 Å². The second kappa shape index (κ2) is 7.00. The summed E-state index contributed by atoms with van der Waals surface area (Å²) in [6.45, 7) is 4.40. The van der Waals surface area contributed by atoms with Crippen LogP contribution in [0.1, 0.15) is 63.5 Å². The summed E-state index contributed by atoms with van der Waals surface area (Å²) in [5.74, 6) is 0.515. The predicted octanol–water partition coefficient (Wildman–Crippen LogP) is 4.53. The van der Waals surface area contributed by atoms with Gasteiger partial charge in [0.05, 0.1) is 0 Å². The number of allylic oxidation sites excluding steroid dienone is 1. The molecular weight excluding hydrogens is 296 g/mol. The molecule has 0 atom stereocenters. The number of hydrogen-bond donors (Lipinski definition) is 2. The Morgan fingerprint density at radius 3 is 2.58 bits per heavy atom. The van der Waals surface area contributed by atoms with Crippen molar-refractivity contribution >= 4 is 17.2 Å². The van der Waals surface area contributed by atoms with Gasteiger partial charge < -0.3 is 10.6 Å². The van der Waals surface area contributed by atoms with E-state index in [1.54, 1.807) is 0 Å². The van der Waals surface area contributed by atoms with Gasteiger partial charge in [0, 0.05) is 41.5 Å². The molecule has 24 heavy (non-hydrogen) atoms. The fourth-order valence-electron chi connectivity index (χ4n) is 4.03. The van der Waals surface area contributed by atoms with Gasteiger partial charge in [0.25, 0.3) is 0 Å². The lowest BCUT2D eigenvalue weighted by Crippen LogP contribution is -2.44. The van der Waals surface area contributed by atoms with Crippen molar-refractivity contribution in [3.63, 3.8) is 0 Å². The molecule has 2 N–H and O–H groups in total. The summed E-state index contributed by atoms with van der Waals surface area (Å²) in [6, 6.07) is 6.46. The van der Waals surface area contributed by atoms with Gasteiger partial charge in [0.15, 0.2) is 5.78 Å². The molecular formula is C21H30N2O. The van der Waals surface area contributed by atoms with Crippen LogP contribution in [0.2, 0.25) is 0 Å². The SMILES string of the molecule is CNc1ccc2c(c1)/C(=C/C(=O)C1CCCCCC1)NC(C)(C)C2. The minimum atomic E-state index is -0.0241. The topological polar surface area (TPSA) is 41.1 Å². The van der Waals surface area contributed by atoms with Crippen LogP contribution in [-0.2, 0) is 11.2 Å². The summed E-state index contributed by atoms with van der Waals surface area (Å²) in [4.78, 5) is 12.9. The molecule has 3 nitrogen and oxygen atoms in total. The van der Waals surface area contributed by atoms with Crippen LogP contribution in [0, 0.1) is 5.92 Å². The van der Waals surface area contributed by atoms with Gasteiger partial charge in [-0.15, -0.1) is 0 Å². The van der Waals surface area contributed by atoms with Gasteiger partial charge in [-0.2, -0.15) is 0 Å². The first-order chi connectivity index (χ1) is 11.5. The van der Waals surface area contributed by atoms with Gasteiger partial charge in [0.2, 0.25) is 0 Å². The van der Waals surface area contributed by atoms with E-state index in [1.807, 2.05) is 13.1 Å². The Morgan fingerprint density at radius 2 is 1.92 bits per heavy atom. The molecule has 1 aliphatic carbocycles. The van der Waals surface area contributed by atoms with Gasteiger partial charge in [0.1, 0.15) is 0 Å². The van der Waals surface area contributed by atoms with Gasteiger partial charge in [-0.3, -0.25) is 4.79 Å². The van der Waals surface area contributed by atoms with E-state index in [4.69, 9.17) is 0 Å². The second-order valence-electron chi connectivity index (χ2n) is 7.96.